The van der Waals surface area contributed by atoms with Crippen LogP contribution in [0.4, 0.5) is 0 Å². The van der Waals surface area contributed by atoms with Crippen LogP contribution in [0.5, 0.6) is 11.5 Å². The molecule has 136 valence electrons. The molecule has 3 aliphatic rings. The number of ether oxygens (including phenoxy) is 3. The first-order chi connectivity index (χ1) is 12.1. The number of phenols is 1. The Kier molecular flexibility index (Phi) is 4.79. The van der Waals surface area contributed by atoms with Gasteiger partial charge in [-0.1, -0.05) is 27.1 Å². The molecule has 0 amide bonds. The molecule has 1 fully saturated rings. The van der Waals surface area contributed by atoms with Gasteiger partial charge >= 0.3 is 0 Å². The van der Waals surface area contributed by atoms with Crippen molar-refractivity contribution in [3.8, 4) is 11.5 Å². The zero-order valence-electron chi connectivity index (χ0n) is 14.4. The van der Waals surface area contributed by atoms with Crippen molar-refractivity contribution in [3.05, 3.63) is 33.3 Å². The number of rotatable bonds is 3. The predicted octanol–water partition coefficient (Wildman–Crippen LogP) is 3.29. The lowest BCUT2D eigenvalue weighted by Crippen LogP contribution is -2.44. The third-order valence-electron chi connectivity index (χ3n) is 5.54. The van der Waals surface area contributed by atoms with Crippen LogP contribution in [0.2, 0.25) is 0 Å². The minimum Gasteiger partial charge on any atom is -0.504 e. The van der Waals surface area contributed by atoms with Gasteiger partial charge in [-0.3, -0.25) is 0 Å². The summed E-state index contributed by atoms with van der Waals surface area (Å²) >= 11 is 3.61. The van der Waals surface area contributed by atoms with Crippen molar-refractivity contribution in [1.82, 2.24) is 5.32 Å². The van der Waals surface area contributed by atoms with Gasteiger partial charge in [0.1, 0.15) is 0 Å². The van der Waals surface area contributed by atoms with E-state index in [1.54, 1.807) is 13.2 Å². The fraction of sp³-hybridized carbons (Fsp3) is 0.579. The Morgan fingerprint density at radius 1 is 1.32 bits per heavy atom. The molecule has 25 heavy (non-hydrogen) atoms. The smallest absolute Gasteiger partial charge is 0.172 e. The van der Waals surface area contributed by atoms with Gasteiger partial charge in [-0.2, -0.15) is 0 Å². The Hall–Kier alpha value is -1.08. The van der Waals surface area contributed by atoms with Crippen molar-refractivity contribution in [2.75, 3.05) is 26.9 Å². The molecule has 1 saturated heterocycles. The molecule has 1 spiro atoms. The molecular formula is C19H24BrNO4. The number of aromatic hydroxyl groups is 1. The van der Waals surface area contributed by atoms with E-state index in [-0.39, 0.29) is 11.5 Å². The summed E-state index contributed by atoms with van der Waals surface area (Å²) < 4.78 is 18.0. The van der Waals surface area contributed by atoms with Crippen LogP contribution in [0, 0.1) is 0 Å². The van der Waals surface area contributed by atoms with Crippen LogP contribution in [0.1, 0.15) is 31.2 Å². The lowest BCUT2D eigenvalue weighted by atomic mass is 9.79. The molecule has 2 heterocycles. The molecule has 6 heteroatoms. The molecule has 2 N–H and O–H groups in total. The number of benzene rings is 1. The standard InChI is InChI=1S/C19H24BrNO4/c1-23-18-10-15(20)13(9-17(18)22)8-16-14-2-4-19(24-6-7-25-19)11-12(14)3-5-21-16/h9-10,16,21-22H,2-8,11H2,1H3. The van der Waals surface area contributed by atoms with E-state index in [2.05, 4.69) is 21.2 Å². The zero-order valence-corrected chi connectivity index (χ0v) is 16.0. The monoisotopic (exact) mass is 409 g/mol. The third kappa shape index (κ3) is 3.33. The summed E-state index contributed by atoms with van der Waals surface area (Å²) in [6, 6.07) is 3.93. The van der Waals surface area contributed by atoms with Crippen molar-refractivity contribution in [2.24, 2.45) is 0 Å². The first kappa shape index (κ1) is 17.3. The van der Waals surface area contributed by atoms with Crippen molar-refractivity contribution in [1.29, 1.82) is 0 Å². The fourth-order valence-corrected chi connectivity index (χ4v) is 4.77. The lowest BCUT2D eigenvalue weighted by Gasteiger charge is -2.40. The van der Waals surface area contributed by atoms with Gasteiger partial charge in [-0.05, 0) is 43.5 Å². The van der Waals surface area contributed by atoms with Crippen LogP contribution in [0.15, 0.2) is 27.8 Å². The topological polar surface area (TPSA) is 60.0 Å². The van der Waals surface area contributed by atoms with Gasteiger partial charge in [-0.25, -0.2) is 0 Å². The third-order valence-corrected chi connectivity index (χ3v) is 6.27. The molecule has 1 unspecified atom stereocenters. The summed E-state index contributed by atoms with van der Waals surface area (Å²) in [6.45, 7) is 2.39. The van der Waals surface area contributed by atoms with E-state index in [1.807, 2.05) is 6.07 Å². The Labute approximate surface area is 156 Å². The summed E-state index contributed by atoms with van der Waals surface area (Å²) in [7, 11) is 1.56. The van der Waals surface area contributed by atoms with Crippen molar-refractivity contribution < 1.29 is 19.3 Å². The molecule has 1 aromatic carbocycles. The van der Waals surface area contributed by atoms with E-state index in [1.165, 1.54) is 11.1 Å². The van der Waals surface area contributed by atoms with Gasteiger partial charge in [-0.15, -0.1) is 0 Å². The molecule has 0 aromatic heterocycles. The fourth-order valence-electron chi connectivity index (χ4n) is 4.28. The Morgan fingerprint density at radius 2 is 2.12 bits per heavy atom. The Morgan fingerprint density at radius 3 is 2.88 bits per heavy atom. The Balaban J connectivity index is 1.56. The molecule has 1 aromatic rings. The molecule has 4 rings (SSSR count). The summed E-state index contributed by atoms with van der Waals surface area (Å²) in [5.41, 5.74) is 4.07. The first-order valence-corrected chi connectivity index (χ1v) is 9.67. The molecular weight excluding hydrogens is 386 g/mol. The Bertz CT molecular complexity index is 697. The highest BCUT2D eigenvalue weighted by molar-refractivity contribution is 9.10. The van der Waals surface area contributed by atoms with Crippen LogP contribution < -0.4 is 10.1 Å². The highest BCUT2D eigenvalue weighted by Gasteiger charge is 2.42. The maximum atomic E-state index is 10.1. The highest BCUT2D eigenvalue weighted by atomic mass is 79.9. The maximum Gasteiger partial charge on any atom is 0.172 e. The molecule has 0 bridgehead atoms. The number of methoxy groups -OCH3 is 1. The maximum absolute atomic E-state index is 10.1. The summed E-state index contributed by atoms with van der Waals surface area (Å²) in [5.74, 6) is 0.308. The molecule has 0 saturated carbocycles. The first-order valence-electron chi connectivity index (χ1n) is 8.88. The largest absolute Gasteiger partial charge is 0.504 e. The normalized spacial score (nSPS) is 25.3. The molecule has 5 nitrogen and oxygen atoms in total. The molecule has 1 atom stereocenters. The van der Waals surface area contributed by atoms with Crippen LogP contribution in [0.25, 0.3) is 0 Å². The number of halogens is 1. The van der Waals surface area contributed by atoms with Crippen LogP contribution in [-0.4, -0.2) is 43.8 Å². The SMILES string of the molecule is COc1cc(Br)c(CC2NCCC3=C2CCC2(C3)OCCO2)cc1O. The number of hydrogen-bond donors (Lipinski definition) is 2. The van der Waals surface area contributed by atoms with Gasteiger partial charge in [0.25, 0.3) is 0 Å². The van der Waals surface area contributed by atoms with Crippen molar-refractivity contribution >= 4 is 15.9 Å². The number of phenolic OH excluding ortho intramolecular Hbond substituents is 1. The minimum atomic E-state index is -0.361. The second-order valence-corrected chi connectivity index (χ2v) is 7.84. The van der Waals surface area contributed by atoms with Gasteiger partial charge in [0, 0.05) is 23.4 Å². The van der Waals surface area contributed by atoms with E-state index in [0.717, 1.165) is 48.7 Å². The van der Waals surface area contributed by atoms with Crippen molar-refractivity contribution in [3.63, 3.8) is 0 Å². The minimum absolute atomic E-state index is 0.182. The zero-order chi connectivity index (χ0) is 17.4. The summed E-state index contributed by atoms with van der Waals surface area (Å²) in [4.78, 5) is 0. The van der Waals surface area contributed by atoms with Crippen LogP contribution in [0.3, 0.4) is 0 Å². The quantitative estimate of drug-likeness (QED) is 0.749. The van der Waals surface area contributed by atoms with E-state index < -0.39 is 0 Å². The highest BCUT2D eigenvalue weighted by Crippen LogP contribution is 2.43. The van der Waals surface area contributed by atoms with Gasteiger partial charge in [0.2, 0.25) is 0 Å². The van der Waals surface area contributed by atoms with E-state index in [0.29, 0.717) is 25.0 Å². The second kappa shape index (κ2) is 6.91. The number of nitrogens with one attached hydrogen (secondary N) is 1. The lowest BCUT2D eigenvalue weighted by molar-refractivity contribution is -0.164. The number of hydrogen-bond acceptors (Lipinski definition) is 5. The van der Waals surface area contributed by atoms with E-state index in [4.69, 9.17) is 14.2 Å². The molecule has 0 radical (unpaired) electrons. The summed E-state index contributed by atoms with van der Waals surface area (Å²) in [5, 5.41) is 13.8. The summed E-state index contributed by atoms with van der Waals surface area (Å²) in [6.07, 6.45) is 4.74. The second-order valence-electron chi connectivity index (χ2n) is 6.99. The predicted molar refractivity (Wildman–Crippen MR) is 98.0 cm³/mol. The average Bonchev–Trinajstić information content (AvgIpc) is 3.05. The molecule has 2 aliphatic heterocycles. The van der Waals surface area contributed by atoms with Gasteiger partial charge in [0.15, 0.2) is 17.3 Å². The van der Waals surface area contributed by atoms with Crippen LogP contribution in [-0.2, 0) is 15.9 Å². The van der Waals surface area contributed by atoms with Gasteiger partial charge < -0.3 is 24.6 Å². The molecule has 1 aliphatic carbocycles. The van der Waals surface area contributed by atoms with E-state index in [9.17, 15) is 5.11 Å². The van der Waals surface area contributed by atoms with Gasteiger partial charge in [0.05, 0.1) is 20.3 Å². The van der Waals surface area contributed by atoms with Crippen molar-refractivity contribution in [2.45, 2.75) is 43.9 Å². The van der Waals surface area contributed by atoms with Crippen LogP contribution >= 0.6 is 15.9 Å². The average molecular weight is 410 g/mol. The van der Waals surface area contributed by atoms with E-state index >= 15 is 0 Å².